The van der Waals surface area contributed by atoms with Gasteiger partial charge in [0.25, 0.3) is 0 Å². The summed E-state index contributed by atoms with van der Waals surface area (Å²) in [5, 5.41) is 2.89. The molecular formula is C15H25N3O. The van der Waals surface area contributed by atoms with E-state index in [0.29, 0.717) is 13.1 Å². The van der Waals surface area contributed by atoms with Crippen LogP contribution in [0.2, 0.25) is 0 Å². The molecule has 0 aromatic heterocycles. The summed E-state index contributed by atoms with van der Waals surface area (Å²) < 4.78 is 0. The van der Waals surface area contributed by atoms with E-state index < -0.39 is 0 Å². The van der Waals surface area contributed by atoms with Crippen LogP contribution in [0.15, 0.2) is 24.3 Å². The number of nitrogens with zero attached hydrogens (tertiary/aromatic N) is 1. The van der Waals surface area contributed by atoms with Crippen molar-refractivity contribution in [1.82, 2.24) is 4.90 Å². The summed E-state index contributed by atoms with van der Waals surface area (Å²) in [5.41, 5.74) is 7.59. The smallest absolute Gasteiger partial charge is 0.238 e. The highest BCUT2D eigenvalue weighted by molar-refractivity contribution is 5.92. The Morgan fingerprint density at radius 3 is 2.32 bits per heavy atom. The Kier molecular flexibility index (Phi) is 5.51. The lowest BCUT2D eigenvalue weighted by molar-refractivity contribution is -0.117. The molecular weight excluding hydrogens is 238 g/mol. The SMILES string of the molecule is CN(CC(=O)Nc1ccc(CN)cc1)CC(C)(C)C. The normalized spacial score (nSPS) is 11.7. The fourth-order valence-corrected chi connectivity index (χ4v) is 2.04. The zero-order valence-electron chi connectivity index (χ0n) is 12.4. The Balaban J connectivity index is 2.46. The van der Waals surface area contributed by atoms with Crippen LogP contribution in [0.1, 0.15) is 26.3 Å². The highest BCUT2D eigenvalue weighted by Gasteiger charge is 2.15. The molecule has 1 aromatic carbocycles. The maximum atomic E-state index is 11.9. The molecule has 0 heterocycles. The number of hydrogen-bond acceptors (Lipinski definition) is 3. The Labute approximate surface area is 116 Å². The number of carbonyl (C=O) groups is 1. The third-order valence-corrected chi connectivity index (χ3v) is 2.63. The van der Waals surface area contributed by atoms with E-state index in [1.807, 2.05) is 36.2 Å². The maximum Gasteiger partial charge on any atom is 0.238 e. The van der Waals surface area contributed by atoms with Crippen LogP contribution in [0.5, 0.6) is 0 Å². The lowest BCUT2D eigenvalue weighted by Crippen LogP contribution is -2.35. The van der Waals surface area contributed by atoms with Crippen molar-refractivity contribution >= 4 is 11.6 Å². The first-order chi connectivity index (χ1) is 8.80. The van der Waals surface area contributed by atoms with Gasteiger partial charge in [0.15, 0.2) is 0 Å². The Hall–Kier alpha value is -1.39. The van der Waals surface area contributed by atoms with Crippen molar-refractivity contribution in [2.24, 2.45) is 11.1 Å². The lowest BCUT2D eigenvalue weighted by Gasteiger charge is -2.25. The Bertz CT molecular complexity index is 406. The minimum Gasteiger partial charge on any atom is -0.326 e. The molecule has 4 heteroatoms. The van der Waals surface area contributed by atoms with E-state index in [1.54, 1.807) is 0 Å². The van der Waals surface area contributed by atoms with Gasteiger partial charge in [0.2, 0.25) is 5.91 Å². The highest BCUT2D eigenvalue weighted by atomic mass is 16.2. The highest BCUT2D eigenvalue weighted by Crippen LogP contribution is 2.14. The van der Waals surface area contributed by atoms with Gasteiger partial charge in [0.1, 0.15) is 0 Å². The third kappa shape index (κ3) is 6.36. The summed E-state index contributed by atoms with van der Waals surface area (Å²) >= 11 is 0. The van der Waals surface area contributed by atoms with Crippen molar-refractivity contribution in [3.63, 3.8) is 0 Å². The van der Waals surface area contributed by atoms with E-state index in [0.717, 1.165) is 17.8 Å². The van der Waals surface area contributed by atoms with Crippen molar-refractivity contribution in [2.45, 2.75) is 27.3 Å². The molecule has 3 N–H and O–H groups in total. The fraction of sp³-hybridized carbons (Fsp3) is 0.533. The number of nitrogens with two attached hydrogens (primary N) is 1. The average molecular weight is 263 g/mol. The van der Waals surface area contributed by atoms with Gasteiger partial charge < -0.3 is 11.1 Å². The van der Waals surface area contributed by atoms with Gasteiger partial charge in [-0.05, 0) is 30.2 Å². The van der Waals surface area contributed by atoms with Gasteiger partial charge in [-0.3, -0.25) is 9.69 Å². The molecule has 1 rings (SSSR count). The first kappa shape index (κ1) is 15.7. The Morgan fingerprint density at radius 2 is 1.84 bits per heavy atom. The average Bonchev–Trinajstić information content (AvgIpc) is 2.27. The molecule has 0 aliphatic heterocycles. The van der Waals surface area contributed by atoms with Crippen LogP contribution in [0.4, 0.5) is 5.69 Å². The van der Waals surface area contributed by atoms with E-state index in [9.17, 15) is 4.79 Å². The van der Waals surface area contributed by atoms with Gasteiger partial charge >= 0.3 is 0 Å². The molecule has 0 bridgehead atoms. The Morgan fingerprint density at radius 1 is 1.26 bits per heavy atom. The van der Waals surface area contributed by atoms with Crippen LogP contribution in [0.3, 0.4) is 0 Å². The minimum absolute atomic E-state index is 0.00671. The van der Waals surface area contributed by atoms with Crippen molar-refractivity contribution in [3.8, 4) is 0 Å². The molecule has 1 amide bonds. The number of anilines is 1. The molecule has 0 fully saturated rings. The van der Waals surface area contributed by atoms with Crippen LogP contribution in [-0.2, 0) is 11.3 Å². The summed E-state index contributed by atoms with van der Waals surface area (Å²) in [6.45, 7) is 8.28. The number of benzene rings is 1. The monoisotopic (exact) mass is 263 g/mol. The topological polar surface area (TPSA) is 58.4 Å². The van der Waals surface area contributed by atoms with Gasteiger partial charge in [0, 0.05) is 18.8 Å². The summed E-state index contributed by atoms with van der Waals surface area (Å²) in [4.78, 5) is 13.9. The second-order valence-electron chi connectivity index (χ2n) is 6.18. The van der Waals surface area contributed by atoms with Crippen molar-refractivity contribution in [1.29, 1.82) is 0 Å². The maximum absolute atomic E-state index is 11.9. The number of amides is 1. The molecule has 19 heavy (non-hydrogen) atoms. The largest absolute Gasteiger partial charge is 0.326 e. The molecule has 106 valence electrons. The van der Waals surface area contributed by atoms with Crippen LogP contribution >= 0.6 is 0 Å². The first-order valence-corrected chi connectivity index (χ1v) is 6.57. The standard InChI is InChI=1S/C15H25N3O/c1-15(2,3)11-18(4)10-14(19)17-13-7-5-12(9-16)6-8-13/h5-8H,9-11,16H2,1-4H3,(H,17,19). The van der Waals surface area contributed by atoms with E-state index in [-0.39, 0.29) is 11.3 Å². The van der Waals surface area contributed by atoms with Gasteiger partial charge in [-0.25, -0.2) is 0 Å². The summed E-state index contributed by atoms with van der Waals surface area (Å²) in [6, 6.07) is 7.61. The number of rotatable bonds is 5. The summed E-state index contributed by atoms with van der Waals surface area (Å²) in [7, 11) is 1.96. The molecule has 0 atom stereocenters. The second-order valence-corrected chi connectivity index (χ2v) is 6.18. The van der Waals surface area contributed by atoms with Crippen molar-refractivity contribution in [2.75, 3.05) is 25.5 Å². The molecule has 0 aliphatic carbocycles. The fourth-order valence-electron chi connectivity index (χ4n) is 2.04. The molecule has 0 saturated heterocycles. The molecule has 4 nitrogen and oxygen atoms in total. The van der Waals surface area contributed by atoms with Crippen LogP contribution in [0, 0.1) is 5.41 Å². The molecule has 0 unspecified atom stereocenters. The molecule has 0 saturated carbocycles. The quantitative estimate of drug-likeness (QED) is 0.855. The van der Waals surface area contributed by atoms with Gasteiger partial charge in [-0.1, -0.05) is 32.9 Å². The molecule has 0 radical (unpaired) electrons. The predicted molar refractivity (Wildman–Crippen MR) is 79.9 cm³/mol. The molecule has 0 aliphatic rings. The second kappa shape index (κ2) is 6.68. The zero-order chi connectivity index (χ0) is 14.5. The number of likely N-dealkylation sites (N-methyl/N-ethyl adjacent to an activating group) is 1. The van der Waals surface area contributed by atoms with Crippen LogP contribution < -0.4 is 11.1 Å². The summed E-state index contributed by atoms with van der Waals surface area (Å²) in [6.07, 6.45) is 0. The van der Waals surface area contributed by atoms with Crippen molar-refractivity contribution in [3.05, 3.63) is 29.8 Å². The van der Waals surface area contributed by atoms with Gasteiger partial charge in [-0.15, -0.1) is 0 Å². The predicted octanol–water partition coefficient (Wildman–Crippen LogP) is 2.06. The molecule has 1 aromatic rings. The number of nitrogens with one attached hydrogen (secondary N) is 1. The summed E-state index contributed by atoms with van der Waals surface area (Å²) in [5.74, 6) is 0.00671. The van der Waals surface area contributed by atoms with E-state index in [4.69, 9.17) is 5.73 Å². The van der Waals surface area contributed by atoms with E-state index in [1.165, 1.54) is 0 Å². The number of hydrogen-bond donors (Lipinski definition) is 2. The van der Waals surface area contributed by atoms with Gasteiger partial charge in [-0.2, -0.15) is 0 Å². The first-order valence-electron chi connectivity index (χ1n) is 6.57. The van der Waals surface area contributed by atoms with Crippen LogP contribution in [-0.4, -0.2) is 30.9 Å². The zero-order valence-corrected chi connectivity index (χ0v) is 12.4. The lowest BCUT2D eigenvalue weighted by atomic mass is 9.96. The van der Waals surface area contributed by atoms with Gasteiger partial charge in [0.05, 0.1) is 6.54 Å². The van der Waals surface area contributed by atoms with E-state index in [2.05, 4.69) is 26.1 Å². The van der Waals surface area contributed by atoms with E-state index >= 15 is 0 Å². The third-order valence-electron chi connectivity index (χ3n) is 2.63. The molecule has 0 spiro atoms. The van der Waals surface area contributed by atoms with Crippen LogP contribution in [0.25, 0.3) is 0 Å². The van der Waals surface area contributed by atoms with Crippen molar-refractivity contribution < 1.29 is 4.79 Å². The number of carbonyl (C=O) groups excluding carboxylic acids is 1. The minimum atomic E-state index is 0.00671.